The Balaban J connectivity index is 1.54. The zero-order valence-corrected chi connectivity index (χ0v) is 27.9. The summed E-state index contributed by atoms with van der Waals surface area (Å²) in [5.41, 5.74) is 1.31. The molecule has 49 heavy (non-hydrogen) atoms. The molecule has 0 spiro atoms. The maximum absolute atomic E-state index is 13.7. The molecule has 260 valence electrons. The average molecular weight is 679 g/mol. The number of ether oxygens (including phenoxy) is 2. The molecule has 1 fully saturated rings. The van der Waals surface area contributed by atoms with E-state index < -0.39 is 51.5 Å². The van der Waals surface area contributed by atoms with Crippen molar-refractivity contribution in [2.45, 2.75) is 84.0 Å². The molecular formula is C33H40N7O9+. The van der Waals surface area contributed by atoms with Gasteiger partial charge in [0.2, 0.25) is 17.9 Å². The fourth-order valence-electron chi connectivity index (χ4n) is 6.72. The number of esters is 1. The van der Waals surface area contributed by atoms with E-state index in [0.717, 1.165) is 16.7 Å². The van der Waals surface area contributed by atoms with Crippen LogP contribution < -0.4 is 0 Å². The SMILES string of the molecule is CCCC1=NC(C(C)(C)O)=C(C(=O)O)[N+]1(Cc1ccc(-c2ccccc2-c2nn[nH]n2)cc1)C(C)OC(=O)[C@@H]1C[C@H](OC)[C@@H](O[N+](=O)[O-])C1. The second-order valence-electron chi connectivity index (χ2n) is 12.7. The molecule has 5 rings (SSSR count). The van der Waals surface area contributed by atoms with E-state index in [1.165, 1.54) is 21.0 Å². The van der Waals surface area contributed by atoms with Gasteiger partial charge in [-0.25, -0.2) is 4.79 Å². The number of H-pyrrole nitrogens is 1. The van der Waals surface area contributed by atoms with Crippen LogP contribution in [0.15, 0.2) is 64.9 Å². The zero-order valence-electron chi connectivity index (χ0n) is 27.9. The highest BCUT2D eigenvalue weighted by Gasteiger charge is 2.57. The molecule has 1 saturated carbocycles. The Morgan fingerprint density at radius 2 is 1.80 bits per heavy atom. The number of nitrogens with zero attached hydrogens (tertiary/aromatic N) is 6. The van der Waals surface area contributed by atoms with E-state index in [2.05, 4.69) is 20.6 Å². The molecule has 3 N–H and O–H groups in total. The van der Waals surface area contributed by atoms with E-state index in [9.17, 15) is 29.9 Å². The van der Waals surface area contributed by atoms with Gasteiger partial charge >= 0.3 is 11.9 Å². The molecule has 0 radical (unpaired) electrons. The number of methoxy groups -OCH3 is 1. The lowest BCUT2D eigenvalue weighted by molar-refractivity contribution is -0.860. The van der Waals surface area contributed by atoms with Gasteiger partial charge in [-0.15, -0.1) is 20.3 Å². The number of amidine groups is 1. The Labute approximate surface area is 282 Å². The lowest BCUT2D eigenvalue weighted by Gasteiger charge is -2.40. The first-order valence-electron chi connectivity index (χ1n) is 15.9. The Morgan fingerprint density at radius 3 is 2.37 bits per heavy atom. The number of aliphatic imine (C=N–C) groups is 1. The van der Waals surface area contributed by atoms with Crippen LogP contribution in [0, 0.1) is 16.0 Å². The van der Waals surface area contributed by atoms with Crippen molar-refractivity contribution in [3.63, 3.8) is 0 Å². The molecule has 0 amide bonds. The highest BCUT2D eigenvalue weighted by molar-refractivity contribution is 5.94. The molecule has 2 aromatic carbocycles. The van der Waals surface area contributed by atoms with Gasteiger partial charge in [0.1, 0.15) is 23.9 Å². The molecular weight excluding hydrogens is 638 g/mol. The maximum atomic E-state index is 13.7. The monoisotopic (exact) mass is 678 g/mol. The summed E-state index contributed by atoms with van der Waals surface area (Å²) in [5, 5.41) is 46.4. The third kappa shape index (κ3) is 7.06. The summed E-state index contributed by atoms with van der Waals surface area (Å²) in [5.74, 6) is -1.94. The number of quaternary nitrogens is 1. The van der Waals surface area contributed by atoms with Gasteiger partial charge in [-0.3, -0.25) is 4.79 Å². The van der Waals surface area contributed by atoms with Crippen molar-refractivity contribution in [2.75, 3.05) is 7.11 Å². The van der Waals surface area contributed by atoms with Crippen LogP contribution in [0.5, 0.6) is 0 Å². The topological polar surface area (TPSA) is 212 Å². The molecule has 0 saturated heterocycles. The number of tetrazole rings is 1. The number of aliphatic hydroxyl groups is 1. The van der Waals surface area contributed by atoms with E-state index in [-0.39, 0.29) is 30.8 Å². The zero-order chi connectivity index (χ0) is 35.5. The first kappa shape index (κ1) is 35.3. The number of aromatic amines is 1. The van der Waals surface area contributed by atoms with Crippen molar-refractivity contribution in [1.29, 1.82) is 0 Å². The van der Waals surface area contributed by atoms with Gasteiger partial charge in [-0.2, -0.15) is 14.7 Å². The van der Waals surface area contributed by atoms with Crippen LogP contribution in [0.4, 0.5) is 0 Å². The predicted octanol–water partition coefficient (Wildman–Crippen LogP) is 4.02. The third-order valence-electron chi connectivity index (χ3n) is 9.00. The second-order valence-corrected chi connectivity index (χ2v) is 12.7. The number of aliphatic carboxylic acids is 1. The number of nitrogens with one attached hydrogen (secondary N) is 1. The number of carbonyl (C=O) groups is 2. The predicted molar refractivity (Wildman–Crippen MR) is 173 cm³/mol. The summed E-state index contributed by atoms with van der Waals surface area (Å²) in [6.45, 7) is 6.47. The van der Waals surface area contributed by atoms with Gasteiger partial charge in [0, 0.05) is 31.6 Å². The summed E-state index contributed by atoms with van der Waals surface area (Å²) in [6, 6.07) is 15.1. The molecule has 16 nitrogen and oxygen atoms in total. The number of hydrogen-bond donors (Lipinski definition) is 3. The lowest BCUT2D eigenvalue weighted by atomic mass is 9.97. The van der Waals surface area contributed by atoms with Crippen LogP contribution in [-0.2, 0) is 30.4 Å². The van der Waals surface area contributed by atoms with Crippen LogP contribution in [-0.4, -0.2) is 89.3 Å². The van der Waals surface area contributed by atoms with Gasteiger partial charge in [0.05, 0.1) is 12.0 Å². The summed E-state index contributed by atoms with van der Waals surface area (Å²) in [6.07, 6.45) is -1.73. The number of hydrogen-bond acceptors (Lipinski definition) is 12. The highest BCUT2D eigenvalue weighted by Crippen LogP contribution is 2.42. The molecule has 1 aliphatic heterocycles. The smallest absolute Gasteiger partial charge is 0.393 e. The summed E-state index contributed by atoms with van der Waals surface area (Å²) < 4.78 is 10.9. The van der Waals surface area contributed by atoms with Crippen LogP contribution in [0.3, 0.4) is 0 Å². The van der Waals surface area contributed by atoms with Gasteiger partial charge in [0.15, 0.2) is 0 Å². The van der Waals surface area contributed by atoms with Crippen LogP contribution in [0.2, 0.25) is 0 Å². The van der Waals surface area contributed by atoms with Gasteiger partial charge < -0.3 is 24.5 Å². The van der Waals surface area contributed by atoms with Crippen LogP contribution in [0.1, 0.15) is 58.9 Å². The largest absolute Gasteiger partial charge is 0.474 e. The Bertz CT molecular complexity index is 1750. The van der Waals surface area contributed by atoms with E-state index in [4.69, 9.17) is 19.3 Å². The van der Waals surface area contributed by atoms with E-state index in [1.807, 2.05) is 55.5 Å². The van der Waals surface area contributed by atoms with Gasteiger partial charge in [-0.05, 0) is 49.5 Å². The Morgan fingerprint density at radius 1 is 1.12 bits per heavy atom. The maximum Gasteiger partial charge on any atom is 0.393 e. The number of carboxylic acids is 1. The average Bonchev–Trinajstić information content (AvgIpc) is 3.80. The molecule has 0 bridgehead atoms. The molecule has 5 atom stereocenters. The molecule has 2 aliphatic rings. The molecule has 1 aliphatic carbocycles. The summed E-state index contributed by atoms with van der Waals surface area (Å²) >= 11 is 0. The second kappa shape index (κ2) is 14.2. The summed E-state index contributed by atoms with van der Waals surface area (Å²) in [4.78, 5) is 47.3. The van der Waals surface area contributed by atoms with Crippen molar-refractivity contribution in [1.82, 2.24) is 20.6 Å². The third-order valence-corrected chi connectivity index (χ3v) is 9.00. The number of rotatable bonds is 14. The number of aromatic nitrogens is 4. The highest BCUT2D eigenvalue weighted by atomic mass is 17.0. The lowest BCUT2D eigenvalue weighted by Crippen LogP contribution is -2.58. The number of benzene rings is 2. The minimum absolute atomic E-state index is 0.00963. The quantitative estimate of drug-likeness (QED) is 0.0955. The van der Waals surface area contributed by atoms with Crippen LogP contribution in [0.25, 0.3) is 22.5 Å². The Hall–Kier alpha value is -5.06. The van der Waals surface area contributed by atoms with Crippen molar-refractivity contribution < 1.29 is 43.7 Å². The van der Waals surface area contributed by atoms with Crippen molar-refractivity contribution in [3.8, 4) is 22.5 Å². The van der Waals surface area contributed by atoms with Gasteiger partial charge in [0.25, 0.3) is 10.8 Å². The van der Waals surface area contributed by atoms with Crippen molar-refractivity contribution in [2.24, 2.45) is 10.9 Å². The summed E-state index contributed by atoms with van der Waals surface area (Å²) in [7, 11) is 1.38. The molecule has 3 aromatic rings. The minimum Gasteiger partial charge on any atom is -0.474 e. The molecule has 2 heterocycles. The van der Waals surface area contributed by atoms with E-state index in [0.29, 0.717) is 30.1 Å². The van der Waals surface area contributed by atoms with E-state index >= 15 is 0 Å². The number of carbonyl (C=O) groups excluding carboxylic acids is 1. The number of carboxylic acid groups (broad SMARTS) is 1. The molecule has 2 unspecified atom stereocenters. The standard InChI is InChI=1S/C33H39N7O9/c1-6-9-27-34-29(33(3,4)44)28(31(41)42)40(27,19(2)48-32(43)22-16-25(47-5)26(17-22)49-39(45)46)18-20-12-14-21(15-13-20)23-10-7-8-11-24(23)30-35-37-38-36-30/h7-8,10-15,19,22,25-26,44H,6,9,16-18H2,1-5H3,(H-,35,36,37,38,41,42)/p+1/t19?,22-,25+,26+,40?/m1/s1. The first-order chi connectivity index (χ1) is 23.3. The Kier molecular flexibility index (Phi) is 10.2. The van der Waals surface area contributed by atoms with E-state index in [1.54, 1.807) is 6.92 Å². The normalized spacial score (nSPS) is 22.9. The molecule has 16 heteroatoms. The fourth-order valence-corrected chi connectivity index (χ4v) is 6.72. The minimum atomic E-state index is -1.64. The van der Waals surface area contributed by atoms with Gasteiger partial charge in [-0.1, -0.05) is 55.5 Å². The van der Waals surface area contributed by atoms with Crippen molar-refractivity contribution in [3.05, 3.63) is 75.6 Å². The van der Waals surface area contributed by atoms with Crippen molar-refractivity contribution >= 4 is 17.8 Å². The van der Waals surface area contributed by atoms with Crippen LogP contribution >= 0.6 is 0 Å². The fraction of sp³-hybridized carbons (Fsp3) is 0.455. The first-order valence-corrected chi connectivity index (χ1v) is 15.9. The molecule has 1 aromatic heterocycles.